The number of nitrogens with zero attached hydrogens (tertiary/aromatic N) is 4. The van der Waals surface area contributed by atoms with Gasteiger partial charge < -0.3 is 19.7 Å². The third-order valence-electron chi connectivity index (χ3n) is 6.88. The number of rotatable bonds is 4. The predicted molar refractivity (Wildman–Crippen MR) is 139 cm³/mol. The van der Waals surface area contributed by atoms with Crippen LogP contribution in [0.15, 0.2) is 48.8 Å². The Hall–Kier alpha value is -3.78. The SMILES string of the molecule is Cc1cc(-c2cnc3[nH]cc(-c4cc(F)c(C(=O)N(C)C)c(F)c4)c3c2)ccc1N1CCN(C)CC1. The number of fused-ring (bicyclic) bond motifs is 1. The number of hydrogen-bond donors (Lipinski definition) is 1. The lowest BCUT2D eigenvalue weighted by Crippen LogP contribution is -2.44. The van der Waals surface area contributed by atoms with Crippen LogP contribution in [0.1, 0.15) is 15.9 Å². The van der Waals surface area contributed by atoms with Gasteiger partial charge in [-0.3, -0.25) is 4.79 Å². The highest BCUT2D eigenvalue weighted by molar-refractivity contribution is 5.98. The summed E-state index contributed by atoms with van der Waals surface area (Å²) in [5.41, 5.74) is 5.39. The highest BCUT2D eigenvalue weighted by Crippen LogP contribution is 2.34. The van der Waals surface area contributed by atoms with Crippen LogP contribution < -0.4 is 4.90 Å². The number of carbonyl (C=O) groups is 1. The molecule has 0 unspecified atom stereocenters. The molecule has 8 heteroatoms. The van der Waals surface area contributed by atoms with E-state index in [1.165, 1.54) is 37.5 Å². The van der Waals surface area contributed by atoms with Crippen molar-refractivity contribution in [3.63, 3.8) is 0 Å². The number of pyridine rings is 1. The Labute approximate surface area is 209 Å². The quantitative estimate of drug-likeness (QED) is 0.441. The minimum atomic E-state index is -0.891. The minimum Gasteiger partial charge on any atom is -0.369 e. The third-order valence-corrected chi connectivity index (χ3v) is 6.88. The second-order valence-electron chi connectivity index (χ2n) is 9.63. The number of benzene rings is 2. The molecule has 1 fully saturated rings. The number of aryl methyl sites for hydroxylation is 1. The summed E-state index contributed by atoms with van der Waals surface area (Å²) < 4.78 is 29.6. The topological polar surface area (TPSA) is 55.5 Å². The van der Waals surface area contributed by atoms with Gasteiger partial charge in [0.15, 0.2) is 0 Å². The molecule has 0 bridgehead atoms. The molecule has 2 aromatic heterocycles. The van der Waals surface area contributed by atoms with Crippen LogP contribution in [0.3, 0.4) is 0 Å². The van der Waals surface area contributed by atoms with E-state index in [-0.39, 0.29) is 0 Å². The van der Waals surface area contributed by atoms with Crippen LogP contribution in [-0.2, 0) is 0 Å². The lowest BCUT2D eigenvalue weighted by molar-refractivity contribution is 0.0818. The lowest BCUT2D eigenvalue weighted by Gasteiger charge is -2.35. The monoisotopic (exact) mass is 489 g/mol. The highest BCUT2D eigenvalue weighted by atomic mass is 19.1. The van der Waals surface area contributed by atoms with Gasteiger partial charge >= 0.3 is 0 Å². The van der Waals surface area contributed by atoms with Crippen molar-refractivity contribution in [2.75, 3.05) is 52.2 Å². The molecule has 0 radical (unpaired) electrons. The first kappa shape index (κ1) is 23.9. The molecule has 1 aliphatic rings. The molecule has 186 valence electrons. The molecule has 1 N–H and O–H groups in total. The van der Waals surface area contributed by atoms with Crippen molar-refractivity contribution in [3.8, 4) is 22.3 Å². The Morgan fingerprint density at radius 1 is 0.972 bits per heavy atom. The van der Waals surface area contributed by atoms with Gasteiger partial charge in [0.05, 0.1) is 0 Å². The summed E-state index contributed by atoms with van der Waals surface area (Å²) >= 11 is 0. The van der Waals surface area contributed by atoms with Crippen molar-refractivity contribution in [1.82, 2.24) is 19.8 Å². The fourth-order valence-corrected chi connectivity index (χ4v) is 4.79. The van der Waals surface area contributed by atoms with Crippen LogP contribution in [-0.4, -0.2) is 73.0 Å². The average Bonchev–Trinajstić information content (AvgIpc) is 3.27. The highest BCUT2D eigenvalue weighted by Gasteiger charge is 2.22. The minimum absolute atomic E-state index is 0.340. The molecule has 4 aromatic rings. The molecule has 1 aliphatic heterocycles. The number of H-pyrrole nitrogens is 1. The van der Waals surface area contributed by atoms with Crippen LogP contribution in [0.5, 0.6) is 0 Å². The number of nitrogens with one attached hydrogen (secondary N) is 1. The summed E-state index contributed by atoms with van der Waals surface area (Å²) in [6, 6.07) is 10.8. The standard InChI is InChI=1S/C28H29F2N5O/c1-17-11-18(5-6-25(17)35-9-7-34(4)8-10-35)20-12-21-22(16-32-27(21)31-15-20)19-13-23(29)26(24(30)14-19)28(36)33(2)3/h5-6,11-16H,7-10H2,1-4H3,(H,31,32). The first-order valence-electron chi connectivity index (χ1n) is 12.0. The molecule has 6 nitrogen and oxygen atoms in total. The van der Waals surface area contributed by atoms with Gasteiger partial charge in [-0.25, -0.2) is 13.8 Å². The molecular formula is C28H29F2N5O. The Bertz CT molecular complexity index is 1430. The molecule has 0 aliphatic carbocycles. The fraction of sp³-hybridized carbons (Fsp3) is 0.286. The third kappa shape index (κ3) is 4.33. The molecule has 0 atom stereocenters. The number of halogens is 2. The summed E-state index contributed by atoms with van der Waals surface area (Å²) in [5.74, 6) is -2.50. The van der Waals surface area contributed by atoms with Crippen molar-refractivity contribution in [3.05, 3.63) is 71.6 Å². The molecule has 0 spiro atoms. The van der Waals surface area contributed by atoms with Gasteiger partial charge in [-0.05, 0) is 61.0 Å². The van der Waals surface area contributed by atoms with Crippen molar-refractivity contribution in [2.24, 2.45) is 0 Å². The van der Waals surface area contributed by atoms with Crippen molar-refractivity contribution in [2.45, 2.75) is 6.92 Å². The Morgan fingerprint density at radius 3 is 2.31 bits per heavy atom. The van der Waals surface area contributed by atoms with Crippen LogP contribution >= 0.6 is 0 Å². The number of likely N-dealkylation sites (N-methyl/N-ethyl adjacent to an activating group) is 1. The molecule has 2 aromatic carbocycles. The van der Waals surface area contributed by atoms with Crippen molar-refractivity contribution >= 4 is 22.6 Å². The van der Waals surface area contributed by atoms with Crippen molar-refractivity contribution in [1.29, 1.82) is 0 Å². The van der Waals surface area contributed by atoms with E-state index < -0.39 is 23.1 Å². The van der Waals surface area contributed by atoms with E-state index in [1.807, 2.05) is 6.07 Å². The number of carbonyl (C=O) groups excluding carboxylic acids is 1. The van der Waals surface area contributed by atoms with Gasteiger partial charge in [0.25, 0.3) is 5.91 Å². The summed E-state index contributed by atoms with van der Waals surface area (Å²) in [7, 11) is 5.06. The second-order valence-corrected chi connectivity index (χ2v) is 9.63. The first-order chi connectivity index (χ1) is 17.2. The van der Waals surface area contributed by atoms with E-state index in [1.54, 1.807) is 12.4 Å². The van der Waals surface area contributed by atoms with E-state index in [0.717, 1.165) is 47.6 Å². The number of aromatic nitrogens is 2. The number of piperazine rings is 1. The number of anilines is 1. The Balaban J connectivity index is 1.50. The summed E-state index contributed by atoms with van der Waals surface area (Å²) in [5, 5.41) is 0.749. The first-order valence-corrected chi connectivity index (χ1v) is 12.0. The van der Waals surface area contributed by atoms with Gasteiger partial charge in [-0.2, -0.15) is 0 Å². The summed E-state index contributed by atoms with van der Waals surface area (Å²) in [6.45, 7) is 6.21. The Morgan fingerprint density at radius 2 is 1.67 bits per heavy atom. The zero-order chi connectivity index (χ0) is 25.6. The zero-order valence-corrected chi connectivity index (χ0v) is 20.9. The van der Waals surface area contributed by atoms with Gasteiger partial charge in [-0.15, -0.1) is 0 Å². The molecule has 0 saturated carbocycles. The van der Waals surface area contributed by atoms with E-state index in [2.05, 4.69) is 51.9 Å². The molecule has 3 heterocycles. The normalized spacial score (nSPS) is 14.4. The number of aromatic amines is 1. The molecule has 1 saturated heterocycles. The number of amides is 1. The molecular weight excluding hydrogens is 460 g/mol. The van der Waals surface area contributed by atoms with Crippen LogP contribution in [0, 0.1) is 18.6 Å². The summed E-state index contributed by atoms with van der Waals surface area (Å²) in [6.07, 6.45) is 3.48. The smallest absolute Gasteiger partial charge is 0.259 e. The van der Waals surface area contributed by atoms with Gasteiger partial charge in [-0.1, -0.05) is 6.07 Å². The van der Waals surface area contributed by atoms with E-state index in [9.17, 15) is 13.6 Å². The van der Waals surface area contributed by atoms with Gasteiger partial charge in [0.2, 0.25) is 0 Å². The fourth-order valence-electron chi connectivity index (χ4n) is 4.79. The maximum Gasteiger partial charge on any atom is 0.259 e. The van der Waals surface area contributed by atoms with Crippen LogP contribution in [0.2, 0.25) is 0 Å². The lowest BCUT2D eigenvalue weighted by atomic mass is 9.99. The zero-order valence-electron chi connectivity index (χ0n) is 20.9. The largest absolute Gasteiger partial charge is 0.369 e. The predicted octanol–water partition coefficient (Wildman–Crippen LogP) is 4.94. The van der Waals surface area contributed by atoms with E-state index in [4.69, 9.17) is 0 Å². The molecule has 1 amide bonds. The maximum atomic E-state index is 14.8. The molecule has 5 rings (SSSR count). The van der Waals surface area contributed by atoms with Gasteiger partial charge in [0.1, 0.15) is 22.8 Å². The van der Waals surface area contributed by atoms with E-state index in [0.29, 0.717) is 16.8 Å². The maximum absolute atomic E-state index is 14.8. The average molecular weight is 490 g/mol. The van der Waals surface area contributed by atoms with Crippen LogP contribution in [0.4, 0.5) is 14.5 Å². The van der Waals surface area contributed by atoms with Gasteiger partial charge in [0, 0.05) is 74.9 Å². The van der Waals surface area contributed by atoms with Crippen LogP contribution in [0.25, 0.3) is 33.3 Å². The Kier molecular flexibility index (Phi) is 6.22. The second kappa shape index (κ2) is 9.35. The summed E-state index contributed by atoms with van der Waals surface area (Å²) in [4.78, 5) is 25.7. The molecule has 36 heavy (non-hydrogen) atoms. The van der Waals surface area contributed by atoms with Crippen molar-refractivity contribution < 1.29 is 13.6 Å². The number of hydrogen-bond acceptors (Lipinski definition) is 4. The van der Waals surface area contributed by atoms with E-state index >= 15 is 0 Å².